The first-order chi connectivity index (χ1) is 12.2. The molecule has 2 aromatic rings. The predicted molar refractivity (Wildman–Crippen MR) is 101 cm³/mol. The van der Waals surface area contributed by atoms with Gasteiger partial charge in [0.25, 0.3) is 0 Å². The lowest BCUT2D eigenvalue weighted by Gasteiger charge is -2.55. The summed E-state index contributed by atoms with van der Waals surface area (Å²) < 4.78 is 0. The molecule has 2 aliphatic carbocycles. The third-order valence-electron chi connectivity index (χ3n) is 6.15. The molecule has 1 heterocycles. The average molecular weight is 335 g/mol. The van der Waals surface area contributed by atoms with Gasteiger partial charge in [0.2, 0.25) is 0 Å². The van der Waals surface area contributed by atoms with Gasteiger partial charge in [-0.3, -0.25) is 0 Å². The van der Waals surface area contributed by atoms with E-state index < -0.39 is 0 Å². The molecule has 4 rings (SSSR count). The highest BCUT2D eigenvalue weighted by Gasteiger charge is 2.50. The summed E-state index contributed by atoms with van der Waals surface area (Å²) in [5, 5.41) is 3.85. The van der Waals surface area contributed by atoms with Crippen LogP contribution in [0.5, 0.6) is 0 Å². The molecule has 3 nitrogen and oxygen atoms in total. The highest BCUT2D eigenvalue weighted by Crippen LogP contribution is 2.54. The zero-order valence-electron chi connectivity index (χ0n) is 15.4. The lowest BCUT2D eigenvalue weighted by molar-refractivity contribution is 0.0254. The van der Waals surface area contributed by atoms with Gasteiger partial charge in [0.05, 0.1) is 0 Å². The monoisotopic (exact) mass is 335 g/mol. The van der Waals surface area contributed by atoms with E-state index in [4.69, 9.17) is 0 Å². The maximum atomic E-state index is 4.51. The van der Waals surface area contributed by atoms with E-state index in [1.165, 1.54) is 36.8 Å². The molecular weight excluding hydrogens is 306 g/mol. The van der Waals surface area contributed by atoms with Gasteiger partial charge >= 0.3 is 0 Å². The third kappa shape index (κ3) is 3.35. The van der Waals surface area contributed by atoms with Crippen molar-refractivity contribution in [1.29, 1.82) is 0 Å². The Labute approximate surface area is 151 Å². The summed E-state index contributed by atoms with van der Waals surface area (Å²) in [5.41, 5.74) is 2.70. The summed E-state index contributed by atoms with van der Waals surface area (Å²) in [7, 11) is 0. The fourth-order valence-corrected chi connectivity index (χ4v) is 4.87. The number of rotatable bonds is 5. The Bertz CT molecular complexity index is 680. The predicted octanol–water partition coefficient (Wildman–Crippen LogP) is 4.66. The van der Waals surface area contributed by atoms with Crippen molar-refractivity contribution in [2.75, 3.05) is 0 Å². The molecule has 25 heavy (non-hydrogen) atoms. The van der Waals surface area contributed by atoms with Crippen LogP contribution in [0.4, 0.5) is 0 Å². The molecule has 3 heteroatoms. The fourth-order valence-electron chi connectivity index (χ4n) is 4.87. The molecule has 0 aliphatic heterocycles. The van der Waals surface area contributed by atoms with Crippen molar-refractivity contribution in [3.05, 3.63) is 59.7 Å². The van der Waals surface area contributed by atoms with Gasteiger partial charge in [-0.2, -0.15) is 0 Å². The number of benzene rings is 1. The molecule has 4 atom stereocenters. The number of nitrogens with one attached hydrogen (secondary N) is 1. The molecule has 0 spiro atoms. The summed E-state index contributed by atoms with van der Waals surface area (Å²) in [6, 6.07) is 11.7. The molecule has 0 amide bonds. The summed E-state index contributed by atoms with van der Waals surface area (Å²) in [4.78, 5) is 9.02. The summed E-state index contributed by atoms with van der Waals surface area (Å²) >= 11 is 0. The first-order valence-corrected chi connectivity index (χ1v) is 9.83. The molecule has 132 valence electrons. The van der Waals surface area contributed by atoms with Crippen LogP contribution < -0.4 is 5.32 Å². The second kappa shape index (κ2) is 7.25. The first kappa shape index (κ1) is 16.7. The smallest absolute Gasteiger partial charge is 0.130 e. The molecule has 2 aliphatic rings. The zero-order chi connectivity index (χ0) is 17.2. The Morgan fingerprint density at radius 1 is 1.00 bits per heavy atom. The molecule has 2 saturated carbocycles. The molecule has 0 unspecified atom stereocenters. The summed E-state index contributed by atoms with van der Waals surface area (Å²) in [6.07, 6.45) is 9.56. The quantitative estimate of drug-likeness (QED) is 0.863. The SMILES string of the molecule is CC(C)c1ncc(CN[C@H]2[C@@H]3CCCC[C@@H]3[C@@H]2c2ccccc2)cn1. The number of nitrogens with zero attached hydrogens (tertiary/aromatic N) is 2. The van der Waals surface area contributed by atoms with Gasteiger partial charge in [-0.15, -0.1) is 0 Å². The van der Waals surface area contributed by atoms with Crippen molar-refractivity contribution in [1.82, 2.24) is 15.3 Å². The van der Waals surface area contributed by atoms with Crippen LogP contribution in [0.2, 0.25) is 0 Å². The summed E-state index contributed by atoms with van der Waals surface area (Å²) in [6.45, 7) is 5.14. The molecule has 2 fully saturated rings. The Hall–Kier alpha value is -1.74. The van der Waals surface area contributed by atoms with E-state index in [0.29, 0.717) is 17.9 Å². The van der Waals surface area contributed by atoms with Crippen molar-refractivity contribution in [2.24, 2.45) is 11.8 Å². The van der Waals surface area contributed by atoms with E-state index in [9.17, 15) is 0 Å². The van der Waals surface area contributed by atoms with Crippen molar-refractivity contribution < 1.29 is 0 Å². The lowest BCUT2D eigenvalue weighted by Crippen LogP contribution is -2.57. The van der Waals surface area contributed by atoms with Crippen LogP contribution in [0.1, 0.15) is 68.3 Å². The van der Waals surface area contributed by atoms with Crippen LogP contribution in [0.25, 0.3) is 0 Å². The molecule has 0 radical (unpaired) electrons. The highest BCUT2D eigenvalue weighted by atomic mass is 15.0. The van der Waals surface area contributed by atoms with Crippen LogP contribution in [0.15, 0.2) is 42.7 Å². The minimum Gasteiger partial charge on any atom is -0.309 e. The molecule has 1 aromatic carbocycles. The number of aromatic nitrogens is 2. The standard InChI is InChI=1S/C22H29N3/c1-15(2)22-24-13-16(14-25-22)12-23-21-19-11-7-6-10-18(19)20(21)17-8-4-3-5-9-17/h3-5,8-9,13-15,18-21,23H,6-7,10-12H2,1-2H3/t18-,19+,20-,21-/m0/s1. The number of hydrogen-bond acceptors (Lipinski definition) is 3. The second-order valence-corrected chi connectivity index (χ2v) is 8.06. The fraction of sp³-hybridized carbons (Fsp3) is 0.545. The van der Waals surface area contributed by atoms with Crippen molar-refractivity contribution >= 4 is 0 Å². The Morgan fingerprint density at radius 2 is 1.68 bits per heavy atom. The number of fused-ring (bicyclic) bond motifs is 1. The second-order valence-electron chi connectivity index (χ2n) is 8.06. The largest absolute Gasteiger partial charge is 0.309 e. The molecule has 0 bridgehead atoms. The Balaban J connectivity index is 1.46. The summed E-state index contributed by atoms with van der Waals surface area (Å²) in [5.74, 6) is 3.70. The van der Waals surface area contributed by atoms with Crippen LogP contribution >= 0.6 is 0 Å². The third-order valence-corrected chi connectivity index (χ3v) is 6.15. The Kier molecular flexibility index (Phi) is 4.85. The minimum atomic E-state index is 0.388. The van der Waals surface area contributed by atoms with E-state index in [0.717, 1.165) is 24.2 Å². The van der Waals surface area contributed by atoms with Gasteiger partial charge in [0, 0.05) is 42.4 Å². The molecular formula is C22H29N3. The number of hydrogen-bond donors (Lipinski definition) is 1. The normalized spacial score (nSPS) is 28.4. The van der Waals surface area contributed by atoms with Crippen LogP contribution in [0.3, 0.4) is 0 Å². The van der Waals surface area contributed by atoms with Gasteiger partial charge in [-0.1, -0.05) is 57.0 Å². The van der Waals surface area contributed by atoms with E-state index in [1.54, 1.807) is 0 Å². The van der Waals surface area contributed by atoms with Gasteiger partial charge < -0.3 is 5.32 Å². The highest BCUT2D eigenvalue weighted by molar-refractivity contribution is 5.28. The van der Waals surface area contributed by atoms with Gasteiger partial charge in [0.15, 0.2) is 0 Å². The van der Waals surface area contributed by atoms with Crippen molar-refractivity contribution in [3.63, 3.8) is 0 Å². The maximum Gasteiger partial charge on any atom is 0.130 e. The average Bonchev–Trinajstić information content (AvgIpc) is 2.64. The maximum absolute atomic E-state index is 4.51. The van der Waals surface area contributed by atoms with E-state index in [2.05, 4.69) is 59.5 Å². The lowest BCUT2D eigenvalue weighted by atomic mass is 9.53. The minimum absolute atomic E-state index is 0.388. The van der Waals surface area contributed by atoms with E-state index in [-0.39, 0.29) is 0 Å². The Morgan fingerprint density at radius 3 is 2.36 bits per heavy atom. The van der Waals surface area contributed by atoms with Gasteiger partial charge in [-0.25, -0.2) is 9.97 Å². The van der Waals surface area contributed by atoms with E-state index >= 15 is 0 Å². The first-order valence-electron chi connectivity index (χ1n) is 9.83. The zero-order valence-corrected chi connectivity index (χ0v) is 15.4. The van der Waals surface area contributed by atoms with Crippen molar-refractivity contribution in [3.8, 4) is 0 Å². The topological polar surface area (TPSA) is 37.8 Å². The van der Waals surface area contributed by atoms with Crippen LogP contribution in [-0.2, 0) is 6.54 Å². The van der Waals surface area contributed by atoms with Gasteiger partial charge in [-0.05, 0) is 30.2 Å². The van der Waals surface area contributed by atoms with Crippen LogP contribution in [-0.4, -0.2) is 16.0 Å². The van der Waals surface area contributed by atoms with E-state index in [1.807, 2.05) is 12.4 Å². The molecule has 1 aromatic heterocycles. The van der Waals surface area contributed by atoms with Crippen LogP contribution in [0, 0.1) is 11.8 Å². The molecule has 1 N–H and O–H groups in total. The van der Waals surface area contributed by atoms with Crippen molar-refractivity contribution in [2.45, 2.75) is 64.0 Å². The van der Waals surface area contributed by atoms with Gasteiger partial charge in [0.1, 0.15) is 5.82 Å². The molecule has 0 saturated heterocycles.